The molecule has 0 aromatic heterocycles. The van der Waals surface area contributed by atoms with Gasteiger partial charge in [-0.3, -0.25) is 9.59 Å². The lowest BCUT2D eigenvalue weighted by Crippen LogP contribution is -2.25. The lowest BCUT2D eigenvalue weighted by atomic mass is 10.2. The van der Waals surface area contributed by atoms with E-state index in [9.17, 15) is 9.59 Å². The smallest absolute Gasteiger partial charge is 0.234 e. The maximum absolute atomic E-state index is 11.8. The summed E-state index contributed by atoms with van der Waals surface area (Å²) in [4.78, 5) is 23.5. The molecule has 0 aliphatic carbocycles. The van der Waals surface area contributed by atoms with Crippen molar-refractivity contribution >= 4 is 29.3 Å². The first kappa shape index (κ1) is 17.1. The first-order chi connectivity index (χ1) is 11.1. The highest BCUT2D eigenvalue weighted by Gasteiger charge is 2.06. The number of amides is 2. The summed E-state index contributed by atoms with van der Waals surface area (Å²) in [5.41, 5.74) is 2.98. The van der Waals surface area contributed by atoms with E-state index in [4.69, 9.17) is 0 Å². The van der Waals surface area contributed by atoms with Gasteiger partial charge in [0.05, 0.1) is 11.5 Å². The molecular formula is C18H20N2O2S. The Morgan fingerprint density at radius 3 is 2.26 bits per heavy atom. The first-order valence-corrected chi connectivity index (χ1v) is 8.54. The van der Waals surface area contributed by atoms with E-state index in [0.717, 1.165) is 16.8 Å². The third kappa shape index (κ3) is 6.57. The Labute approximate surface area is 140 Å². The van der Waals surface area contributed by atoms with Gasteiger partial charge in [0.1, 0.15) is 0 Å². The molecule has 0 atom stereocenters. The van der Waals surface area contributed by atoms with E-state index in [1.165, 1.54) is 11.8 Å². The van der Waals surface area contributed by atoms with Crippen LogP contribution in [0, 0.1) is 6.92 Å². The van der Waals surface area contributed by atoms with Crippen molar-refractivity contribution in [3.05, 3.63) is 65.7 Å². The number of thioether (sulfide) groups is 1. The van der Waals surface area contributed by atoms with Crippen LogP contribution in [0.25, 0.3) is 0 Å². The highest BCUT2D eigenvalue weighted by Crippen LogP contribution is 2.09. The second kappa shape index (κ2) is 9.00. The molecule has 0 aliphatic heterocycles. The van der Waals surface area contributed by atoms with Gasteiger partial charge in [0.25, 0.3) is 0 Å². The van der Waals surface area contributed by atoms with Crippen molar-refractivity contribution in [2.45, 2.75) is 13.5 Å². The minimum absolute atomic E-state index is 0.0676. The third-order valence-electron chi connectivity index (χ3n) is 3.13. The van der Waals surface area contributed by atoms with Crippen molar-refractivity contribution in [3.63, 3.8) is 0 Å². The Morgan fingerprint density at radius 1 is 0.913 bits per heavy atom. The maximum atomic E-state index is 11.8. The van der Waals surface area contributed by atoms with Crippen LogP contribution in [-0.2, 0) is 16.1 Å². The molecule has 0 fully saturated rings. The summed E-state index contributed by atoms with van der Waals surface area (Å²) in [5, 5.41) is 5.65. The lowest BCUT2D eigenvalue weighted by molar-refractivity contribution is -0.118. The highest BCUT2D eigenvalue weighted by molar-refractivity contribution is 8.00. The molecule has 2 aromatic carbocycles. The summed E-state index contributed by atoms with van der Waals surface area (Å²) in [6.07, 6.45) is 0. The van der Waals surface area contributed by atoms with Gasteiger partial charge in [0.2, 0.25) is 11.8 Å². The van der Waals surface area contributed by atoms with E-state index in [1.807, 2.05) is 61.5 Å². The number of rotatable bonds is 7. The standard InChI is InChI=1S/C18H20N2O2S/c1-14-7-9-16(10-8-14)20-18(22)13-23-12-17(21)19-11-15-5-3-2-4-6-15/h2-10H,11-13H2,1H3,(H,19,21)(H,20,22). The van der Waals surface area contributed by atoms with Crippen molar-refractivity contribution in [2.24, 2.45) is 0 Å². The fourth-order valence-corrected chi connectivity index (χ4v) is 2.57. The molecule has 120 valence electrons. The van der Waals surface area contributed by atoms with E-state index >= 15 is 0 Å². The van der Waals surface area contributed by atoms with Crippen LogP contribution >= 0.6 is 11.8 Å². The van der Waals surface area contributed by atoms with Crippen LogP contribution in [0.3, 0.4) is 0 Å². The van der Waals surface area contributed by atoms with Gasteiger partial charge in [-0.2, -0.15) is 0 Å². The number of carbonyl (C=O) groups is 2. The number of aryl methyl sites for hydroxylation is 1. The van der Waals surface area contributed by atoms with E-state index in [2.05, 4.69) is 10.6 Å². The molecule has 0 saturated heterocycles. The molecule has 0 unspecified atom stereocenters. The molecule has 2 rings (SSSR count). The summed E-state index contributed by atoms with van der Waals surface area (Å²) < 4.78 is 0. The minimum atomic E-state index is -0.102. The predicted octanol–water partition coefficient (Wildman–Crippen LogP) is 2.98. The zero-order chi connectivity index (χ0) is 16.5. The van der Waals surface area contributed by atoms with Gasteiger partial charge < -0.3 is 10.6 Å². The number of benzene rings is 2. The summed E-state index contributed by atoms with van der Waals surface area (Å²) in [6.45, 7) is 2.51. The topological polar surface area (TPSA) is 58.2 Å². The van der Waals surface area contributed by atoms with Crippen molar-refractivity contribution in [2.75, 3.05) is 16.8 Å². The largest absolute Gasteiger partial charge is 0.351 e. The Balaban J connectivity index is 1.63. The Hall–Kier alpha value is -2.27. The van der Waals surface area contributed by atoms with E-state index in [1.54, 1.807) is 0 Å². The molecule has 0 spiro atoms. The summed E-state index contributed by atoms with van der Waals surface area (Å²) >= 11 is 1.30. The van der Waals surface area contributed by atoms with Gasteiger partial charge in [-0.05, 0) is 24.6 Å². The molecule has 0 saturated carbocycles. The zero-order valence-electron chi connectivity index (χ0n) is 13.0. The molecule has 4 nitrogen and oxygen atoms in total. The molecule has 5 heteroatoms. The molecule has 2 N–H and O–H groups in total. The highest BCUT2D eigenvalue weighted by atomic mass is 32.2. The average molecular weight is 328 g/mol. The van der Waals surface area contributed by atoms with Gasteiger partial charge in [-0.25, -0.2) is 0 Å². The molecule has 0 radical (unpaired) electrons. The molecule has 23 heavy (non-hydrogen) atoms. The lowest BCUT2D eigenvalue weighted by Gasteiger charge is -2.06. The van der Waals surface area contributed by atoms with Crippen LogP contribution in [-0.4, -0.2) is 23.3 Å². The monoisotopic (exact) mass is 328 g/mol. The van der Waals surface area contributed by atoms with Crippen LogP contribution in [0.2, 0.25) is 0 Å². The molecule has 2 aromatic rings. The summed E-state index contributed by atoms with van der Waals surface area (Å²) in [6, 6.07) is 17.4. The third-order valence-corrected chi connectivity index (χ3v) is 4.07. The van der Waals surface area contributed by atoms with Crippen LogP contribution in [0.15, 0.2) is 54.6 Å². The van der Waals surface area contributed by atoms with Gasteiger partial charge in [0, 0.05) is 12.2 Å². The summed E-state index contributed by atoms with van der Waals surface area (Å²) in [5.74, 6) is 0.359. The van der Waals surface area contributed by atoms with Crippen LogP contribution in [0.1, 0.15) is 11.1 Å². The second-order valence-electron chi connectivity index (χ2n) is 5.17. The van der Waals surface area contributed by atoms with E-state index in [-0.39, 0.29) is 23.3 Å². The molecule has 0 aliphatic rings. The van der Waals surface area contributed by atoms with Crippen molar-refractivity contribution in [3.8, 4) is 0 Å². The minimum Gasteiger partial charge on any atom is -0.351 e. The fourth-order valence-electron chi connectivity index (χ4n) is 1.92. The summed E-state index contributed by atoms with van der Waals surface area (Å²) in [7, 11) is 0. The van der Waals surface area contributed by atoms with Gasteiger partial charge in [-0.15, -0.1) is 11.8 Å². The van der Waals surface area contributed by atoms with Crippen LogP contribution in [0.4, 0.5) is 5.69 Å². The van der Waals surface area contributed by atoms with E-state index in [0.29, 0.717) is 6.54 Å². The number of hydrogen-bond acceptors (Lipinski definition) is 3. The van der Waals surface area contributed by atoms with E-state index < -0.39 is 0 Å². The molecule has 0 heterocycles. The number of hydrogen-bond donors (Lipinski definition) is 2. The van der Waals surface area contributed by atoms with Crippen molar-refractivity contribution < 1.29 is 9.59 Å². The molecular weight excluding hydrogens is 308 g/mol. The van der Waals surface area contributed by atoms with Crippen molar-refractivity contribution in [1.82, 2.24) is 5.32 Å². The molecule has 0 bridgehead atoms. The number of anilines is 1. The van der Waals surface area contributed by atoms with Gasteiger partial charge >= 0.3 is 0 Å². The van der Waals surface area contributed by atoms with Gasteiger partial charge in [0.15, 0.2) is 0 Å². The quantitative estimate of drug-likeness (QED) is 0.821. The average Bonchev–Trinajstić information content (AvgIpc) is 2.56. The normalized spacial score (nSPS) is 10.1. The zero-order valence-corrected chi connectivity index (χ0v) is 13.9. The van der Waals surface area contributed by atoms with Gasteiger partial charge in [-0.1, -0.05) is 48.0 Å². The first-order valence-electron chi connectivity index (χ1n) is 7.38. The Bertz CT molecular complexity index is 642. The SMILES string of the molecule is Cc1ccc(NC(=O)CSCC(=O)NCc2ccccc2)cc1. The Morgan fingerprint density at radius 2 is 1.57 bits per heavy atom. The Kier molecular flexibility index (Phi) is 6.69. The van der Waals surface area contributed by atoms with Crippen LogP contribution in [0.5, 0.6) is 0 Å². The number of carbonyl (C=O) groups excluding carboxylic acids is 2. The molecule has 2 amide bonds. The second-order valence-corrected chi connectivity index (χ2v) is 6.15. The fraction of sp³-hybridized carbons (Fsp3) is 0.222. The predicted molar refractivity (Wildman–Crippen MR) is 95.4 cm³/mol. The maximum Gasteiger partial charge on any atom is 0.234 e. The van der Waals surface area contributed by atoms with Crippen molar-refractivity contribution in [1.29, 1.82) is 0 Å². The van der Waals surface area contributed by atoms with Crippen LogP contribution < -0.4 is 10.6 Å². The number of nitrogens with one attached hydrogen (secondary N) is 2.